The SMILES string of the molecule is CC(C)(C)c1ccc(C(=O)Nc2cc(C3=CC(=O)CCC3)c[nH]c2=O)cc1.CCC1CCCC(c2c[nH]c(=O)c(NC(=O)c3ccc(C(C)(C)C)cc3)c2)C1.CNc1nccc(-c2c[nH]c(=O)c(NC(=O)N3CCN(C(C)(C)C)CC3)c2)n1.CNc1nccc(-c2c[nH]c(=O)c(NC(=O)c3ccc(N4CCN(C(C)=O)CC4)cc3)c2)n1. The van der Waals surface area contributed by atoms with Gasteiger partial charge in [0.2, 0.25) is 17.8 Å². The van der Waals surface area contributed by atoms with Gasteiger partial charge >= 0.3 is 6.03 Å². The smallest absolute Gasteiger partial charge is 0.322 e. The van der Waals surface area contributed by atoms with Crippen molar-refractivity contribution in [2.24, 2.45) is 5.92 Å². The maximum Gasteiger partial charge on any atom is 0.322 e. The molecule has 0 spiro atoms. The minimum absolute atomic E-state index is 0.00560. The molecule has 28 heteroatoms. The van der Waals surface area contributed by atoms with Gasteiger partial charge in [0.15, 0.2) is 5.78 Å². The Morgan fingerprint density at radius 2 is 0.914 bits per heavy atom. The van der Waals surface area contributed by atoms with Crippen molar-refractivity contribution in [1.82, 2.24) is 54.6 Å². The van der Waals surface area contributed by atoms with Gasteiger partial charge in [-0.1, -0.05) is 92.0 Å². The number of rotatable bonds is 15. The van der Waals surface area contributed by atoms with E-state index < -0.39 is 5.56 Å². The van der Waals surface area contributed by atoms with Gasteiger partial charge in [-0.25, -0.2) is 24.7 Å². The third-order valence-corrected chi connectivity index (χ3v) is 21.1. The predicted octanol–water partition coefficient (Wildman–Crippen LogP) is 13.3. The number of H-pyrrole nitrogens is 4. The van der Waals surface area contributed by atoms with Crippen LogP contribution in [-0.2, 0) is 20.4 Å². The highest BCUT2D eigenvalue weighted by Crippen LogP contribution is 2.38. The first kappa shape index (κ1) is 86.0. The molecule has 2 aliphatic heterocycles. The quantitative estimate of drug-likeness (QED) is 0.0456. The van der Waals surface area contributed by atoms with E-state index in [1.165, 1.54) is 24.8 Å². The Morgan fingerprint density at radius 1 is 0.483 bits per heavy atom. The maximum absolute atomic E-state index is 12.8. The van der Waals surface area contributed by atoms with E-state index in [4.69, 9.17) is 0 Å². The Bertz CT molecular complexity index is 5250. The molecule has 2 unspecified atom stereocenters. The lowest BCUT2D eigenvalue weighted by Crippen LogP contribution is -2.55. The zero-order valence-electron chi connectivity index (χ0n) is 68.6. The highest BCUT2D eigenvalue weighted by Gasteiger charge is 2.30. The molecule has 116 heavy (non-hydrogen) atoms. The number of allylic oxidation sites excluding steroid dienone is 2. The molecular formula is C88H108N18O10. The van der Waals surface area contributed by atoms with Crippen molar-refractivity contribution in [2.45, 2.75) is 150 Å². The van der Waals surface area contributed by atoms with E-state index in [-0.39, 0.29) is 85.6 Å². The van der Waals surface area contributed by atoms with Gasteiger partial charge in [0.25, 0.3) is 40.0 Å². The Labute approximate surface area is 675 Å². The molecule has 2 saturated heterocycles. The minimum atomic E-state index is -0.407. The first-order valence-corrected chi connectivity index (χ1v) is 39.5. The summed E-state index contributed by atoms with van der Waals surface area (Å²) in [5, 5.41) is 16.7. The highest BCUT2D eigenvalue weighted by molar-refractivity contribution is 6.06. The number of nitrogens with zero attached hydrogens (tertiary/aromatic N) is 8. The largest absolute Gasteiger partial charge is 0.368 e. The van der Waals surface area contributed by atoms with Crippen molar-refractivity contribution in [2.75, 3.05) is 103 Å². The van der Waals surface area contributed by atoms with Gasteiger partial charge in [-0.2, -0.15) is 0 Å². The fourth-order valence-corrected chi connectivity index (χ4v) is 14.0. The number of pyridine rings is 4. The Morgan fingerprint density at radius 3 is 1.35 bits per heavy atom. The first-order chi connectivity index (χ1) is 55.2. The zero-order valence-corrected chi connectivity index (χ0v) is 68.6. The molecule has 10 N–H and O–H groups in total. The summed E-state index contributed by atoms with van der Waals surface area (Å²) >= 11 is 0. The number of benzene rings is 3. The monoisotopic (exact) mass is 1580 g/mol. The number of nitrogens with one attached hydrogen (secondary N) is 10. The lowest BCUT2D eigenvalue weighted by molar-refractivity contribution is -0.129. The lowest BCUT2D eigenvalue weighted by atomic mass is 9.77. The topological polar surface area (TPSA) is 371 Å². The number of piperazine rings is 2. The van der Waals surface area contributed by atoms with E-state index >= 15 is 0 Å². The number of aromatic amines is 4. The van der Waals surface area contributed by atoms with Crippen LogP contribution in [0.1, 0.15) is 187 Å². The second-order valence-electron chi connectivity index (χ2n) is 32.4. The summed E-state index contributed by atoms with van der Waals surface area (Å²) in [6.07, 6.45) is 19.5. The summed E-state index contributed by atoms with van der Waals surface area (Å²) in [4.78, 5) is 158. The van der Waals surface area contributed by atoms with Gasteiger partial charge in [0.05, 0.1) is 11.4 Å². The number of ketones is 1. The Hall–Kier alpha value is -12.5. The van der Waals surface area contributed by atoms with E-state index in [2.05, 4.69) is 151 Å². The maximum atomic E-state index is 12.8. The predicted molar refractivity (Wildman–Crippen MR) is 458 cm³/mol. The molecule has 6 amide bonds. The van der Waals surface area contributed by atoms with Crippen LogP contribution in [0.25, 0.3) is 28.1 Å². The van der Waals surface area contributed by atoms with Crippen LogP contribution in [0, 0.1) is 5.92 Å². The minimum Gasteiger partial charge on any atom is -0.368 e. The molecular weight excluding hydrogens is 1470 g/mol. The summed E-state index contributed by atoms with van der Waals surface area (Å²) in [6.45, 7) is 28.8. The van der Waals surface area contributed by atoms with Gasteiger partial charge in [-0.15, -0.1) is 0 Å². The first-order valence-electron chi connectivity index (χ1n) is 39.5. The normalized spacial score (nSPS) is 15.8. The fourth-order valence-electron chi connectivity index (χ4n) is 14.0. The average Bonchev–Trinajstić information content (AvgIpc) is 0.809. The molecule has 2 atom stereocenters. The van der Waals surface area contributed by atoms with E-state index in [9.17, 15) is 47.9 Å². The lowest BCUT2D eigenvalue weighted by Gasteiger charge is -2.42. The van der Waals surface area contributed by atoms with Gasteiger partial charge in [0, 0.05) is 156 Å². The number of urea groups is 1. The van der Waals surface area contributed by atoms with E-state index in [0.29, 0.717) is 95.3 Å². The summed E-state index contributed by atoms with van der Waals surface area (Å²) in [7, 11) is 3.45. The fraction of sp³-hybridized carbons (Fsp3) is 0.386. The number of aromatic nitrogens is 8. The van der Waals surface area contributed by atoms with Crippen molar-refractivity contribution in [3.05, 3.63) is 233 Å². The van der Waals surface area contributed by atoms with Crippen LogP contribution in [-0.4, -0.2) is 162 Å². The van der Waals surface area contributed by atoms with Crippen molar-refractivity contribution >= 4 is 81.3 Å². The number of carbonyl (C=O) groups excluding carboxylic acids is 6. The standard InChI is InChI=1S/C24H32N2O2.C23H25N7O3.C22H24N2O3.C19H27N7O2/c1-5-16-7-6-8-18(13-16)19-14-21(23(28)25-15-19)26-22(27)17-9-11-20(12-10-17)24(2,3)4;1-15(31)29-9-11-30(12-10-29)18-5-3-16(4-6-18)21(32)27-20-13-17(14-26-22(20)33)19-7-8-25-23(24-2)28-19;1-22(2,3)17-9-7-14(8-10-17)20(26)24-19-12-16(13-23-21(19)27)15-5-4-6-18(25)11-15;1-19(2,3)26-9-7-25(8-10-26)18(28)24-15-11-13(12-22-16(15)27)14-5-6-21-17(20-4)23-14/h9-12,14-16,18H,5-8,13H2,1-4H3,(H,25,28)(H,26,27);3-8,13-14H,9-12H2,1-2H3,(H,26,33)(H,27,32)(H,24,25,28);7-13H,4-6H2,1-3H3,(H,23,27)(H,24,26);5-6,11-12H,7-10H2,1-4H3,(H,22,27)(H,24,28)(H,20,21,23). The Balaban J connectivity index is 0.000000164. The summed E-state index contributed by atoms with van der Waals surface area (Å²) in [5.41, 5.74) is 9.68. The molecule has 8 heterocycles. The molecule has 6 aromatic heterocycles. The third kappa shape index (κ3) is 23.4. The highest BCUT2D eigenvalue weighted by atomic mass is 16.2. The molecule has 3 fully saturated rings. The van der Waals surface area contributed by atoms with Gasteiger partial charge in [-0.3, -0.25) is 48.1 Å². The van der Waals surface area contributed by atoms with Crippen LogP contribution in [0.3, 0.4) is 0 Å². The van der Waals surface area contributed by atoms with Gasteiger partial charge in [0.1, 0.15) is 22.7 Å². The Kier molecular flexibility index (Phi) is 28.6. The van der Waals surface area contributed by atoms with Gasteiger partial charge < -0.3 is 66.5 Å². The van der Waals surface area contributed by atoms with E-state index in [1.54, 1.807) is 118 Å². The van der Waals surface area contributed by atoms with Crippen LogP contribution >= 0.6 is 0 Å². The molecule has 610 valence electrons. The van der Waals surface area contributed by atoms with Crippen molar-refractivity contribution in [3.63, 3.8) is 0 Å². The summed E-state index contributed by atoms with van der Waals surface area (Å²) < 4.78 is 0. The van der Waals surface area contributed by atoms with Crippen molar-refractivity contribution in [1.29, 1.82) is 0 Å². The van der Waals surface area contributed by atoms with Crippen LogP contribution in [0.4, 0.5) is 45.1 Å². The van der Waals surface area contributed by atoms with E-state index in [0.717, 1.165) is 85.7 Å². The van der Waals surface area contributed by atoms with Crippen LogP contribution in [0.5, 0.6) is 0 Å². The second kappa shape index (κ2) is 38.6. The molecule has 28 nitrogen and oxygen atoms in total. The number of anilines is 7. The summed E-state index contributed by atoms with van der Waals surface area (Å²) in [6, 6.07) is 32.1. The molecule has 2 aliphatic carbocycles. The molecule has 0 bridgehead atoms. The molecule has 0 radical (unpaired) electrons. The molecule has 1 saturated carbocycles. The van der Waals surface area contributed by atoms with Gasteiger partial charge in [-0.05, 0) is 188 Å². The molecule has 3 aromatic carbocycles. The summed E-state index contributed by atoms with van der Waals surface area (Å²) in [5.74, 6) is 1.34. The number of hydrogen-bond donors (Lipinski definition) is 10. The van der Waals surface area contributed by atoms with Crippen molar-refractivity contribution in [3.8, 4) is 22.5 Å². The van der Waals surface area contributed by atoms with Crippen LogP contribution < -0.4 is 59.0 Å². The van der Waals surface area contributed by atoms with E-state index in [1.807, 2.05) is 65.7 Å². The van der Waals surface area contributed by atoms with Crippen LogP contribution in [0.2, 0.25) is 0 Å². The average molecular weight is 1580 g/mol. The van der Waals surface area contributed by atoms with Crippen molar-refractivity contribution < 1.29 is 28.8 Å². The number of hydrogen-bond acceptors (Lipinski definition) is 18. The third-order valence-electron chi connectivity index (χ3n) is 21.1. The molecule has 13 rings (SSSR count). The zero-order chi connectivity index (χ0) is 83.6. The number of carbonyl (C=O) groups is 6. The number of amides is 6. The molecule has 9 aromatic rings. The van der Waals surface area contributed by atoms with Crippen LogP contribution in [0.15, 0.2) is 172 Å². The second-order valence-corrected chi connectivity index (χ2v) is 32.4. The molecule has 4 aliphatic rings.